The SMILES string of the molecule is N#Cc1ccc(N2C(=O)C3C4CN(C(=O)OCc5ccccc5)C(C5CC45)C3C2=O)cc1C(F)(F)F. The number of nitrogens with zero attached hydrogens (tertiary/aromatic N) is 3. The van der Waals surface area contributed by atoms with Crippen molar-refractivity contribution in [3.63, 3.8) is 0 Å². The van der Waals surface area contributed by atoms with Crippen LogP contribution in [0.3, 0.4) is 0 Å². The van der Waals surface area contributed by atoms with Crippen molar-refractivity contribution in [2.24, 2.45) is 29.6 Å². The van der Waals surface area contributed by atoms with E-state index in [4.69, 9.17) is 10.00 Å². The number of hydrogen-bond donors (Lipinski definition) is 0. The van der Waals surface area contributed by atoms with Crippen molar-refractivity contribution in [2.45, 2.75) is 25.2 Å². The third-order valence-corrected chi connectivity index (χ3v) is 8.00. The van der Waals surface area contributed by atoms with E-state index in [0.29, 0.717) is 6.07 Å². The molecule has 6 atom stereocenters. The first-order valence-electron chi connectivity index (χ1n) is 11.7. The van der Waals surface area contributed by atoms with E-state index in [1.807, 2.05) is 30.3 Å². The smallest absolute Gasteiger partial charge is 0.417 e. The minimum absolute atomic E-state index is 0.0673. The van der Waals surface area contributed by atoms with Crippen LogP contribution in [-0.2, 0) is 27.1 Å². The van der Waals surface area contributed by atoms with Gasteiger partial charge in [0.25, 0.3) is 0 Å². The summed E-state index contributed by atoms with van der Waals surface area (Å²) in [5.41, 5.74) is -1.18. The molecule has 3 saturated heterocycles. The number of rotatable bonds is 3. The first-order valence-corrected chi connectivity index (χ1v) is 11.7. The topological polar surface area (TPSA) is 90.7 Å². The zero-order valence-corrected chi connectivity index (χ0v) is 18.8. The van der Waals surface area contributed by atoms with E-state index in [1.54, 1.807) is 0 Å². The van der Waals surface area contributed by atoms with Gasteiger partial charge in [-0.15, -0.1) is 0 Å². The second kappa shape index (κ2) is 7.82. The second-order valence-electron chi connectivity index (χ2n) is 9.81. The van der Waals surface area contributed by atoms with Crippen LogP contribution in [0.5, 0.6) is 0 Å². The minimum atomic E-state index is -4.82. The van der Waals surface area contributed by atoms with Crippen molar-refractivity contribution in [2.75, 3.05) is 11.4 Å². The van der Waals surface area contributed by atoms with Gasteiger partial charge in [0.2, 0.25) is 11.8 Å². The van der Waals surface area contributed by atoms with Gasteiger partial charge in [0, 0.05) is 6.54 Å². The van der Waals surface area contributed by atoms with Gasteiger partial charge in [-0.2, -0.15) is 18.4 Å². The van der Waals surface area contributed by atoms with E-state index in [1.165, 1.54) is 17.0 Å². The summed E-state index contributed by atoms with van der Waals surface area (Å²) in [4.78, 5) is 42.4. The van der Waals surface area contributed by atoms with Gasteiger partial charge in [0.1, 0.15) is 6.61 Å². The number of halogens is 3. The molecule has 6 unspecified atom stereocenters. The predicted molar refractivity (Wildman–Crippen MR) is 118 cm³/mol. The average Bonchev–Trinajstić information content (AvgIpc) is 3.64. The summed E-state index contributed by atoms with van der Waals surface area (Å²) in [5, 5.41) is 9.07. The highest BCUT2D eigenvalue weighted by Crippen LogP contribution is 2.64. The number of alkyl halides is 3. The molecule has 2 aliphatic carbocycles. The molecular weight excluding hydrogens is 475 g/mol. The monoisotopic (exact) mass is 495 g/mol. The maximum Gasteiger partial charge on any atom is 0.417 e. The number of piperidine rings is 2. The molecule has 36 heavy (non-hydrogen) atoms. The molecule has 0 aromatic heterocycles. The molecule has 7 rings (SSSR count). The Labute approximate surface area is 204 Å². The number of anilines is 1. The van der Waals surface area contributed by atoms with Gasteiger partial charge >= 0.3 is 12.3 Å². The van der Waals surface area contributed by atoms with Crippen molar-refractivity contribution in [3.8, 4) is 6.07 Å². The molecule has 0 radical (unpaired) electrons. The maximum atomic E-state index is 13.5. The molecule has 7 nitrogen and oxygen atoms in total. The Balaban J connectivity index is 1.29. The largest absolute Gasteiger partial charge is 0.445 e. The number of nitriles is 1. The number of carbonyl (C=O) groups is 3. The molecule has 3 aliphatic heterocycles. The third kappa shape index (κ3) is 3.29. The predicted octanol–water partition coefficient (Wildman–Crippen LogP) is 3.97. The van der Waals surface area contributed by atoms with Crippen molar-refractivity contribution in [3.05, 3.63) is 65.2 Å². The van der Waals surface area contributed by atoms with Gasteiger partial charge < -0.3 is 9.64 Å². The van der Waals surface area contributed by atoms with Crippen LogP contribution in [0, 0.1) is 40.9 Å². The highest BCUT2D eigenvalue weighted by molar-refractivity contribution is 6.22. The number of amides is 3. The number of hydrogen-bond acceptors (Lipinski definition) is 5. The summed E-state index contributed by atoms with van der Waals surface area (Å²) in [7, 11) is 0. The maximum absolute atomic E-state index is 13.5. The lowest BCUT2D eigenvalue weighted by Gasteiger charge is -2.49. The fourth-order valence-corrected chi connectivity index (χ4v) is 6.45. The van der Waals surface area contributed by atoms with Crippen LogP contribution >= 0.6 is 0 Å². The van der Waals surface area contributed by atoms with Crippen molar-refractivity contribution < 1.29 is 32.3 Å². The molecule has 10 heteroatoms. The number of fused-ring (bicyclic) bond motifs is 1. The third-order valence-electron chi connectivity index (χ3n) is 8.00. The van der Waals surface area contributed by atoms with Gasteiger partial charge in [0.15, 0.2) is 0 Å². The Morgan fingerprint density at radius 2 is 1.75 bits per heavy atom. The molecule has 184 valence electrons. The number of ether oxygens (including phenoxy) is 1. The van der Waals surface area contributed by atoms with Gasteiger partial charge in [0.05, 0.1) is 40.8 Å². The van der Waals surface area contributed by atoms with Gasteiger partial charge in [-0.05, 0) is 47.9 Å². The molecule has 3 amide bonds. The first-order chi connectivity index (χ1) is 17.2. The van der Waals surface area contributed by atoms with E-state index >= 15 is 0 Å². The van der Waals surface area contributed by atoms with E-state index in [-0.39, 0.29) is 36.6 Å². The van der Waals surface area contributed by atoms with Crippen LogP contribution < -0.4 is 4.90 Å². The second-order valence-corrected chi connectivity index (χ2v) is 9.81. The van der Waals surface area contributed by atoms with E-state index in [9.17, 15) is 27.6 Å². The highest BCUT2D eigenvalue weighted by Gasteiger charge is 2.72. The lowest BCUT2D eigenvalue weighted by atomic mass is 9.66. The summed E-state index contributed by atoms with van der Waals surface area (Å²) in [6, 6.07) is 13.0. The Morgan fingerprint density at radius 1 is 1.03 bits per heavy atom. The first kappa shape index (κ1) is 22.6. The molecule has 5 aliphatic rings. The standard InChI is InChI=1S/C26H20F3N3O4/c27-26(28,29)19-8-15(7-6-14(19)10-30)32-23(33)20-18-11-31(22(17-9-16(17)18)21(20)24(32)34)25(35)36-12-13-4-2-1-3-5-13/h1-8,16-18,20-22H,9,11-12H2. The van der Waals surface area contributed by atoms with Crippen LogP contribution in [0.1, 0.15) is 23.1 Å². The Bertz CT molecular complexity index is 1320. The summed E-state index contributed by atoms with van der Waals surface area (Å²) >= 11 is 0. The minimum Gasteiger partial charge on any atom is -0.445 e. The lowest BCUT2D eigenvalue weighted by molar-refractivity contribution is -0.138. The van der Waals surface area contributed by atoms with Gasteiger partial charge in [-0.25, -0.2) is 9.69 Å². The Hall–Kier alpha value is -3.87. The van der Waals surface area contributed by atoms with E-state index < -0.39 is 53.1 Å². The molecule has 2 saturated carbocycles. The highest BCUT2D eigenvalue weighted by atomic mass is 19.4. The molecule has 3 heterocycles. The van der Waals surface area contributed by atoms with Crippen LogP contribution in [0.15, 0.2) is 48.5 Å². The molecular formula is C26H20F3N3O4. The van der Waals surface area contributed by atoms with Crippen molar-refractivity contribution >= 4 is 23.6 Å². The Kier molecular flexibility index (Phi) is 4.90. The van der Waals surface area contributed by atoms with Crippen molar-refractivity contribution in [1.29, 1.82) is 5.26 Å². The molecule has 2 bridgehead atoms. The van der Waals surface area contributed by atoms with Gasteiger partial charge in [-0.3, -0.25) is 9.59 Å². The summed E-state index contributed by atoms with van der Waals surface area (Å²) in [6.45, 7) is 0.342. The zero-order valence-electron chi connectivity index (χ0n) is 18.8. The van der Waals surface area contributed by atoms with Gasteiger partial charge in [-0.1, -0.05) is 30.3 Å². The van der Waals surface area contributed by atoms with Crippen molar-refractivity contribution in [1.82, 2.24) is 4.90 Å². The number of imide groups is 1. The Morgan fingerprint density at radius 3 is 2.44 bits per heavy atom. The normalized spacial score (nSPS) is 30.1. The number of carbonyl (C=O) groups excluding carboxylic acids is 3. The summed E-state index contributed by atoms with van der Waals surface area (Å²) in [5.74, 6) is -2.64. The lowest BCUT2D eigenvalue weighted by Crippen LogP contribution is -2.61. The molecule has 2 aromatic rings. The van der Waals surface area contributed by atoms with E-state index in [0.717, 1.165) is 23.0 Å². The molecule has 5 fully saturated rings. The quantitative estimate of drug-likeness (QED) is 0.601. The van der Waals surface area contributed by atoms with Crippen LogP contribution in [-0.4, -0.2) is 35.4 Å². The molecule has 0 N–H and O–H groups in total. The number of benzene rings is 2. The fourth-order valence-electron chi connectivity index (χ4n) is 6.45. The average molecular weight is 495 g/mol. The summed E-state index contributed by atoms with van der Waals surface area (Å²) < 4.78 is 46.1. The summed E-state index contributed by atoms with van der Waals surface area (Å²) in [6.07, 6.45) is -4.57. The molecule has 0 spiro atoms. The zero-order chi connectivity index (χ0) is 25.4. The van der Waals surface area contributed by atoms with Crippen LogP contribution in [0.25, 0.3) is 0 Å². The fraction of sp³-hybridized carbons (Fsp3) is 0.385. The van der Waals surface area contributed by atoms with Crippen LogP contribution in [0.4, 0.5) is 23.7 Å². The molecule has 2 aromatic carbocycles. The van der Waals surface area contributed by atoms with Crippen LogP contribution in [0.2, 0.25) is 0 Å². The van der Waals surface area contributed by atoms with E-state index in [2.05, 4.69) is 0 Å².